The molecule has 0 radical (unpaired) electrons. The molecule has 1 aromatic carbocycles. The molecular weight excluding hydrogens is 378 g/mol. The molecule has 4 rings (SSSR count). The van der Waals surface area contributed by atoms with Crippen LogP contribution in [0.3, 0.4) is 0 Å². The Bertz CT molecular complexity index is 888. The smallest absolute Gasteiger partial charge is 0.137 e. The molecule has 0 spiro atoms. The summed E-state index contributed by atoms with van der Waals surface area (Å²) in [6, 6.07) is 8.79. The highest BCUT2D eigenvalue weighted by atomic mass is 79.9. The van der Waals surface area contributed by atoms with Crippen molar-refractivity contribution in [1.29, 1.82) is 0 Å². The Morgan fingerprint density at radius 3 is 2.96 bits per heavy atom. The highest BCUT2D eigenvalue weighted by Gasteiger charge is 2.27. The molecule has 3 heterocycles. The maximum atomic E-state index is 4.54. The molecule has 25 heavy (non-hydrogen) atoms. The lowest BCUT2D eigenvalue weighted by Crippen LogP contribution is -2.35. The Balaban J connectivity index is 1.68. The number of hydrogen-bond donors (Lipinski definition) is 0. The predicted octanol–water partition coefficient (Wildman–Crippen LogP) is 4.55. The number of pyridine rings is 1. The Kier molecular flexibility index (Phi) is 4.46. The van der Waals surface area contributed by atoms with E-state index >= 15 is 0 Å². The van der Waals surface area contributed by atoms with Gasteiger partial charge in [-0.25, -0.2) is 0 Å². The van der Waals surface area contributed by atoms with E-state index in [1.807, 2.05) is 18.6 Å². The topological polar surface area (TPSA) is 46.8 Å². The largest absolute Gasteiger partial charge is 0.370 e. The molecule has 3 aromatic rings. The van der Waals surface area contributed by atoms with Crippen molar-refractivity contribution < 1.29 is 0 Å². The highest BCUT2D eigenvalue weighted by molar-refractivity contribution is 9.10. The molecule has 1 saturated heterocycles. The van der Waals surface area contributed by atoms with Gasteiger partial charge in [0.05, 0.1) is 5.52 Å². The van der Waals surface area contributed by atoms with Crippen LogP contribution in [0.1, 0.15) is 44.5 Å². The maximum Gasteiger partial charge on any atom is 0.137 e. The normalized spacial score (nSPS) is 18.2. The predicted molar refractivity (Wildman–Crippen MR) is 104 cm³/mol. The fraction of sp³-hybridized carbons (Fsp3) is 0.421. The Hall–Kier alpha value is -1.95. The molecule has 0 N–H and O–H groups in total. The quantitative estimate of drug-likeness (QED) is 0.647. The summed E-state index contributed by atoms with van der Waals surface area (Å²) in [5.74, 6) is 1.52. The minimum Gasteiger partial charge on any atom is -0.370 e. The minimum atomic E-state index is 0.387. The first-order valence-electron chi connectivity index (χ1n) is 8.82. The van der Waals surface area contributed by atoms with Crippen molar-refractivity contribution >= 4 is 32.5 Å². The van der Waals surface area contributed by atoms with Gasteiger partial charge in [0.1, 0.15) is 12.2 Å². The van der Waals surface area contributed by atoms with Crippen LogP contribution >= 0.6 is 15.9 Å². The van der Waals surface area contributed by atoms with E-state index < -0.39 is 0 Å². The average molecular weight is 400 g/mol. The van der Waals surface area contributed by atoms with E-state index in [1.165, 1.54) is 11.1 Å². The number of benzene rings is 1. The second kappa shape index (κ2) is 6.75. The van der Waals surface area contributed by atoms with Crippen LogP contribution < -0.4 is 4.90 Å². The SMILES string of the molecule is CC(C)n1cnnc1C1CCCN(c2ccnc3c(Br)cccc23)C1. The van der Waals surface area contributed by atoms with Gasteiger partial charge in [0.15, 0.2) is 0 Å². The third-order valence-electron chi connectivity index (χ3n) is 4.98. The van der Waals surface area contributed by atoms with Crippen LogP contribution in [0, 0.1) is 0 Å². The third-order valence-corrected chi connectivity index (χ3v) is 5.62. The lowest BCUT2D eigenvalue weighted by atomic mass is 9.96. The van der Waals surface area contributed by atoms with E-state index in [0.717, 1.165) is 41.7 Å². The summed E-state index contributed by atoms with van der Waals surface area (Å²) in [6.07, 6.45) is 6.09. The first-order valence-corrected chi connectivity index (χ1v) is 9.62. The fourth-order valence-electron chi connectivity index (χ4n) is 3.75. The molecule has 0 aliphatic carbocycles. The number of para-hydroxylation sites is 1. The van der Waals surface area contributed by atoms with Gasteiger partial charge in [-0.1, -0.05) is 12.1 Å². The van der Waals surface area contributed by atoms with Gasteiger partial charge in [-0.2, -0.15) is 0 Å². The molecular formula is C19H22BrN5. The van der Waals surface area contributed by atoms with E-state index in [2.05, 4.69) is 72.6 Å². The monoisotopic (exact) mass is 399 g/mol. The molecule has 0 saturated carbocycles. The standard InChI is InChI=1S/C19H22BrN5/c1-13(2)25-12-22-23-19(25)14-5-4-10-24(11-14)17-8-9-21-18-15(17)6-3-7-16(18)20/h3,6-9,12-14H,4-5,10-11H2,1-2H3. The van der Waals surface area contributed by atoms with Crippen LogP contribution in [0.25, 0.3) is 10.9 Å². The second-order valence-corrected chi connectivity index (χ2v) is 7.80. The molecule has 5 nitrogen and oxygen atoms in total. The van der Waals surface area contributed by atoms with Crippen molar-refractivity contribution in [3.63, 3.8) is 0 Å². The summed E-state index contributed by atoms with van der Waals surface area (Å²) < 4.78 is 3.25. The molecule has 0 bridgehead atoms. The number of fused-ring (bicyclic) bond motifs is 1. The third kappa shape index (κ3) is 3.03. The molecule has 0 amide bonds. The van der Waals surface area contributed by atoms with E-state index in [-0.39, 0.29) is 0 Å². The zero-order valence-electron chi connectivity index (χ0n) is 14.6. The van der Waals surface area contributed by atoms with Crippen molar-refractivity contribution in [2.75, 3.05) is 18.0 Å². The Morgan fingerprint density at radius 2 is 2.12 bits per heavy atom. The summed E-state index contributed by atoms with van der Waals surface area (Å²) in [5.41, 5.74) is 2.28. The van der Waals surface area contributed by atoms with E-state index in [0.29, 0.717) is 12.0 Å². The van der Waals surface area contributed by atoms with Gasteiger partial charge in [-0.05, 0) is 54.8 Å². The minimum absolute atomic E-state index is 0.387. The van der Waals surface area contributed by atoms with Crippen LogP contribution in [0.2, 0.25) is 0 Å². The van der Waals surface area contributed by atoms with Gasteiger partial charge in [-0.15, -0.1) is 10.2 Å². The van der Waals surface area contributed by atoms with Crippen LogP contribution in [-0.2, 0) is 0 Å². The molecule has 1 unspecified atom stereocenters. The van der Waals surface area contributed by atoms with Gasteiger partial charge in [0, 0.05) is 46.8 Å². The summed E-state index contributed by atoms with van der Waals surface area (Å²) >= 11 is 3.62. The van der Waals surface area contributed by atoms with Gasteiger partial charge in [-0.3, -0.25) is 4.98 Å². The summed E-state index contributed by atoms with van der Waals surface area (Å²) in [7, 11) is 0. The zero-order valence-corrected chi connectivity index (χ0v) is 16.1. The maximum absolute atomic E-state index is 4.54. The van der Waals surface area contributed by atoms with E-state index in [4.69, 9.17) is 0 Å². The van der Waals surface area contributed by atoms with Crippen molar-refractivity contribution in [1.82, 2.24) is 19.7 Å². The lowest BCUT2D eigenvalue weighted by Gasteiger charge is -2.35. The number of halogens is 1. The first-order chi connectivity index (χ1) is 12.1. The zero-order chi connectivity index (χ0) is 17.4. The summed E-state index contributed by atoms with van der Waals surface area (Å²) in [6.45, 7) is 6.40. The molecule has 1 aliphatic rings. The second-order valence-electron chi connectivity index (χ2n) is 6.94. The van der Waals surface area contributed by atoms with Crippen LogP contribution in [-0.4, -0.2) is 32.8 Å². The van der Waals surface area contributed by atoms with Gasteiger partial charge in [0.2, 0.25) is 0 Å². The van der Waals surface area contributed by atoms with Crippen molar-refractivity contribution in [2.45, 2.75) is 38.6 Å². The van der Waals surface area contributed by atoms with Gasteiger partial charge in [0.25, 0.3) is 0 Å². The number of aromatic nitrogens is 4. The fourth-order valence-corrected chi connectivity index (χ4v) is 4.22. The molecule has 1 fully saturated rings. The van der Waals surface area contributed by atoms with Gasteiger partial charge >= 0.3 is 0 Å². The van der Waals surface area contributed by atoms with Crippen molar-refractivity contribution in [3.8, 4) is 0 Å². The summed E-state index contributed by atoms with van der Waals surface area (Å²) in [4.78, 5) is 7.02. The van der Waals surface area contributed by atoms with Crippen molar-refractivity contribution in [3.05, 3.63) is 47.1 Å². The molecule has 1 aliphatic heterocycles. The summed E-state index contributed by atoms with van der Waals surface area (Å²) in [5, 5.41) is 9.79. The molecule has 6 heteroatoms. The molecule has 2 aromatic heterocycles. The lowest BCUT2D eigenvalue weighted by molar-refractivity contribution is 0.455. The molecule has 130 valence electrons. The van der Waals surface area contributed by atoms with Gasteiger partial charge < -0.3 is 9.47 Å². The van der Waals surface area contributed by atoms with Crippen molar-refractivity contribution in [2.24, 2.45) is 0 Å². The average Bonchev–Trinajstić information content (AvgIpc) is 3.12. The Morgan fingerprint density at radius 1 is 1.24 bits per heavy atom. The Labute approximate surface area is 156 Å². The van der Waals surface area contributed by atoms with Crippen LogP contribution in [0.15, 0.2) is 41.3 Å². The highest BCUT2D eigenvalue weighted by Crippen LogP contribution is 2.34. The van der Waals surface area contributed by atoms with E-state index in [1.54, 1.807) is 0 Å². The molecule has 1 atom stereocenters. The van der Waals surface area contributed by atoms with E-state index in [9.17, 15) is 0 Å². The number of nitrogens with zero attached hydrogens (tertiary/aromatic N) is 5. The van der Waals surface area contributed by atoms with Crippen LogP contribution in [0.5, 0.6) is 0 Å². The van der Waals surface area contributed by atoms with Crippen LogP contribution in [0.4, 0.5) is 5.69 Å². The number of rotatable bonds is 3. The first kappa shape index (κ1) is 16.5. The number of piperidine rings is 1. The number of hydrogen-bond acceptors (Lipinski definition) is 4. The number of anilines is 1.